The molecule has 21 heavy (non-hydrogen) atoms. The molecule has 0 saturated carbocycles. The smallest absolute Gasteiger partial charge is 0.206 e. The molecule has 112 valence electrons. The predicted molar refractivity (Wildman–Crippen MR) is 92.2 cm³/mol. The Kier molecular flexibility index (Phi) is 4.57. The summed E-state index contributed by atoms with van der Waals surface area (Å²) in [7, 11) is -3.50. The van der Waals surface area contributed by atoms with Crippen LogP contribution in [0, 0.1) is 0 Å². The van der Waals surface area contributed by atoms with Crippen LogP contribution in [-0.2, 0) is 16.4 Å². The van der Waals surface area contributed by atoms with E-state index in [0.29, 0.717) is 4.21 Å². The van der Waals surface area contributed by atoms with Crippen molar-refractivity contribution in [3.63, 3.8) is 0 Å². The standard InChI is InChI=1S/C14H13Br2NO2S2/c15-11-8-13(20-14(11)16)21(18,19)17-12-7-3-5-9-4-1-2-6-10(9)12/h1-2,4,6,8,12,17H,3,5,7H2. The zero-order chi connectivity index (χ0) is 15.0. The minimum atomic E-state index is -3.50. The van der Waals surface area contributed by atoms with E-state index in [4.69, 9.17) is 0 Å². The number of nitrogens with one attached hydrogen (secondary N) is 1. The van der Waals surface area contributed by atoms with Gasteiger partial charge in [0.15, 0.2) is 0 Å². The Bertz CT molecular complexity index is 752. The van der Waals surface area contributed by atoms with Gasteiger partial charge in [-0.05, 0) is 68.3 Å². The fraction of sp³-hybridized carbons (Fsp3) is 0.286. The maximum atomic E-state index is 12.5. The zero-order valence-corrected chi connectivity index (χ0v) is 15.8. The van der Waals surface area contributed by atoms with Crippen molar-refractivity contribution in [3.8, 4) is 0 Å². The van der Waals surface area contributed by atoms with E-state index in [1.54, 1.807) is 6.07 Å². The molecule has 1 aliphatic rings. The Morgan fingerprint density at radius 2 is 2.00 bits per heavy atom. The largest absolute Gasteiger partial charge is 0.250 e. The maximum absolute atomic E-state index is 12.5. The molecule has 1 aliphatic carbocycles. The van der Waals surface area contributed by atoms with Crippen LogP contribution in [0.3, 0.4) is 0 Å². The molecule has 3 rings (SSSR count). The number of sulfonamides is 1. The van der Waals surface area contributed by atoms with Crippen molar-refractivity contribution < 1.29 is 8.42 Å². The van der Waals surface area contributed by atoms with Crippen LogP contribution in [0.15, 0.2) is 42.8 Å². The van der Waals surface area contributed by atoms with Gasteiger partial charge >= 0.3 is 0 Å². The first kappa shape index (κ1) is 15.7. The summed E-state index contributed by atoms with van der Waals surface area (Å²) in [6.07, 6.45) is 2.86. The highest BCUT2D eigenvalue weighted by molar-refractivity contribution is 9.13. The molecule has 0 fully saturated rings. The summed E-state index contributed by atoms with van der Waals surface area (Å²) in [5.74, 6) is 0. The molecule has 0 spiro atoms. The quantitative estimate of drug-likeness (QED) is 0.740. The summed E-state index contributed by atoms with van der Waals surface area (Å²) in [4.78, 5) is 0. The monoisotopic (exact) mass is 449 g/mol. The fourth-order valence-electron chi connectivity index (χ4n) is 2.58. The summed E-state index contributed by atoms with van der Waals surface area (Å²) in [6.45, 7) is 0. The van der Waals surface area contributed by atoms with E-state index in [1.165, 1.54) is 16.9 Å². The van der Waals surface area contributed by atoms with E-state index in [0.717, 1.165) is 33.1 Å². The van der Waals surface area contributed by atoms with Gasteiger partial charge in [-0.2, -0.15) is 0 Å². The van der Waals surface area contributed by atoms with Gasteiger partial charge < -0.3 is 0 Å². The van der Waals surface area contributed by atoms with Crippen molar-refractivity contribution in [1.29, 1.82) is 0 Å². The predicted octanol–water partition coefficient (Wildman–Crippen LogP) is 4.63. The molecular weight excluding hydrogens is 438 g/mol. The minimum Gasteiger partial charge on any atom is -0.206 e. The number of fused-ring (bicyclic) bond motifs is 1. The first-order valence-electron chi connectivity index (χ1n) is 6.52. The van der Waals surface area contributed by atoms with Gasteiger partial charge in [-0.1, -0.05) is 24.3 Å². The molecule has 0 saturated heterocycles. The summed E-state index contributed by atoms with van der Waals surface area (Å²) in [5.41, 5.74) is 2.34. The number of hydrogen-bond acceptors (Lipinski definition) is 3. The molecule has 1 aromatic carbocycles. The molecule has 1 heterocycles. The van der Waals surface area contributed by atoms with Gasteiger partial charge in [-0.3, -0.25) is 0 Å². The molecule has 1 unspecified atom stereocenters. The van der Waals surface area contributed by atoms with Gasteiger partial charge in [-0.25, -0.2) is 13.1 Å². The Balaban J connectivity index is 1.90. The van der Waals surface area contributed by atoms with E-state index in [2.05, 4.69) is 42.6 Å². The van der Waals surface area contributed by atoms with Crippen LogP contribution in [0.2, 0.25) is 0 Å². The molecule has 0 amide bonds. The average Bonchev–Trinajstić information content (AvgIpc) is 2.80. The second-order valence-corrected chi connectivity index (χ2v) is 10.1. The van der Waals surface area contributed by atoms with Crippen LogP contribution >= 0.6 is 43.2 Å². The SMILES string of the molecule is O=S(=O)(NC1CCCc2ccccc21)c1cc(Br)c(Br)s1. The molecule has 1 aromatic heterocycles. The van der Waals surface area contributed by atoms with Crippen LogP contribution in [-0.4, -0.2) is 8.42 Å². The van der Waals surface area contributed by atoms with Crippen molar-refractivity contribution >= 4 is 53.2 Å². The molecular formula is C14H13Br2NO2S2. The normalized spacial score (nSPS) is 18.5. The van der Waals surface area contributed by atoms with Crippen molar-refractivity contribution in [2.24, 2.45) is 0 Å². The highest BCUT2D eigenvalue weighted by atomic mass is 79.9. The van der Waals surface area contributed by atoms with Gasteiger partial charge in [0.2, 0.25) is 0 Å². The van der Waals surface area contributed by atoms with Gasteiger partial charge in [0.1, 0.15) is 4.21 Å². The van der Waals surface area contributed by atoms with E-state index in [1.807, 2.05) is 18.2 Å². The lowest BCUT2D eigenvalue weighted by Gasteiger charge is -2.25. The number of aryl methyl sites for hydroxylation is 1. The second kappa shape index (κ2) is 6.12. The van der Waals surface area contributed by atoms with Gasteiger partial charge in [-0.15, -0.1) is 11.3 Å². The van der Waals surface area contributed by atoms with Crippen LogP contribution in [0.25, 0.3) is 0 Å². The highest BCUT2D eigenvalue weighted by Gasteiger charge is 2.27. The Hall–Kier alpha value is -0.210. The van der Waals surface area contributed by atoms with Gasteiger partial charge in [0.05, 0.1) is 3.79 Å². The van der Waals surface area contributed by atoms with Gasteiger partial charge in [0.25, 0.3) is 10.0 Å². The molecule has 3 nitrogen and oxygen atoms in total. The molecule has 0 bridgehead atoms. The topological polar surface area (TPSA) is 46.2 Å². The van der Waals surface area contributed by atoms with Crippen LogP contribution < -0.4 is 4.72 Å². The zero-order valence-electron chi connectivity index (χ0n) is 11.0. The lowest BCUT2D eigenvalue weighted by atomic mass is 9.88. The summed E-state index contributed by atoms with van der Waals surface area (Å²) in [6, 6.07) is 9.55. The van der Waals surface area contributed by atoms with E-state index < -0.39 is 10.0 Å². The first-order chi connectivity index (χ1) is 9.97. The molecule has 1 atom stereocenters. The fourth-order valence-corrected chi connectivity index (χ4v) is 6.67. The Morgan fingerprint density at radius 3 is 2.71 bits per heavy atom. The second-order valence-electron chi connectivity index (χ2n) is 4.95. The first-order valence-corrected chi connectivity index (χ1v) is 10.4. The van der Waals surface area contributed by atoms with Crippen LogP contribution in [0.4, 0.5) is 0 Å². The Morgan fingerprint density at radius 1 is 1.24 bits per heavy atom. The van der Waals surface area contributed by atoms with Crippen molar-refractivity contribution in [2.45, 2.75) is 29.5 Å². The summed E-state index contributed by atoms with van der Waals surface area (Å²) in [5, 5.41) is 0. The van der Waals surface area contributed by atoms with Crippen LogP contribution in [0.5, 0.6) is 0 Å². The van der Waals surface area contributed by atoms with Crippen molar-refractivity contribution in [3.05, 3.63) is 49.7 Å². The van der Waals surface area contributed by atoms with Gasteiger partial charge in [0, 0.05) is 10.5 Å². The third-order valence-electron chi connectivity index (χ3n) is 3.55. The molecule has 0 aliphatic heterocycles. The number of benzene rings is 1. The number of hydrogen-bond donors (Lipinski definition) is 1. The van der Waals surface area contributed by atoms with E-state index in [-0.39, 0.29) is 6.04 Å². The third-order valence-corrected chi connectivity index (χ3v) is 8.76. The molecule has 0 radical (unpaired) electrons. The number of halogens is 2. The molecule has 2 aromatic rings. The summed E-state index contributed by atoms with van der Waals surface area (Å²) < 4.78 is 29.8. The van der Waals surface area contributed by atoms with E-state index in [9.17, 15) is 8.42 Å². The maximum Gasteiger partial charge on any atom is 0.250 e. The Labute approximate surface area is 145 Å². The molecule has 7 heteroatoms. The van der Waals surface area contributed by atoms with E-state index >= 15 is 0 Å². The highest BCUT2D eigenvalue weighted by Crippen LogP contribution is 2.36. The number of rotatable bonds is 3. The van der Waals surface area contributed by atoms with Crippen LogP contribution in [0.1, 0.15) is 30.0 Å². The van der Waals surface area contributed by atoms with Crippen molar-refractivity contribution in [1.82, 2.24) is 4.72 Å². The minimum absolute atomic E-state index is 0.139. The molecule has 1 N–H and O–H groups in total. The average molecular weight is 451 g/mol. The lowest BCUT2D eigenvalue weighted by molar-refractivity contribution is 0.508. The van der Waals surface area contributed by atoms with Crippen molar-refractivity contribution in [2.75, 3.05) is 0 Å². The number of thiophene rings is 1. The lowest BCUT2D eigenvalue weighted by Crippen LogP contribution is -2.30. The third kappa shape index (κ3) is 3.27. The summed E-state index contributed by atoms with van der Waals surface area (Å²) >= 11 is 7.88.